The van der Waals surface area contributed by atoms with Crippen molar-refractivity contribution in [3.8, 4) is 0 Å². The summed E-state index contributed by atoms with van der Waals surface area (Å²) >= 11 is 0. The number of aliphatic hydroxyl groups excluding tert-OH is 1. The maximum atomic E-state index is 12.5. The summed E-state index contributed by atoms with van der Waals surface area (Å²) in [5, 5.41) is 9.07. The maximum absolute atomic E-state index is 12.5. The number of amides is 2. The van der Waals surface area contributed by atoms with Crippen molar-refractivity contribution in [2.75, 3.05) is 6.61 Å². The van der Waals surface area contributed by atoms with Crippen LogP contribution in [0.5, 0.6) is 0 Å². The lowest BCUT2D eigenvalue weighted by Gasteiger charge is -2.33. The monoisotopic (exact) mass is 261 g/mol. The Morgan fingerprint density at radius 2 is 1.89 bits per heavy atom. The van der Waals surface area contributed by atoms with E-state index in [1.165, 1.54) is 4.90 Å². The first kappa shape index (κ1) is 13.7. The summed E-state index contributed by atoms with van der Waals surface area (Å²) < 4.78 is 0. The minimum absolute atomic E-state index is 0.0416. The summed E-state index contributed by atoms with van der Waals surface area (Å²) in [6.45, 7) is 3.58. The van der Waals surface area contributed by atoms with E-state index in [2.05, 4.69) is 0 Å². The van der Waals surface area contributed by atoms with Crippen molar-refractivity contribution in [3.05, 3.63) is 35.9 Å². The Bertz CT molecular complexity index is 481. The molecule has 4 nitrogen and oxygen atoms in total. The number of imide groups is 1. The number of carbonyl (C=O) groups excluding carboxylic acids is 2. The highest BCUT2D eigenvalue weighted by atomic mass is 16.3. The van der Waals surface area contributed by atoms with Crippen LogP contribution in [0.2, 0.25) is 0 Å². The van der Waals surface area contributed by atoms with Crippen molar-refractivity contribution in [1.29, 1.82) is 0 Å². The highest BCUT2D eigenvalue weighted by molar-refractivity contribution is 6.06. The van der Waals surface area contributed by atoms with E-state index in [-0.39, 0.29) is 30.8 Å². The van der Waals surface area contributed by atoms with Gasteiger partial charge in [0.25, 0.3) is 0 Å². The van der Waals surface area contributed by atoms with Gasteiger partial charge in [-0.2, -0.15) is 0 Å². The minimum atomic E-state index is -0.632. The maximum Gasteiger partial charge on any atom is 0.237 e. The van der Waals surface area contributed by atoms with Crippen molar-refractivity contribution < 1.29 is 14.7 Å². The van der Waals surface area contributed by atoms with Gasteiger partial charge in [0, 0.05) is 18.6 Å². The summed E-state index contributed by atoms with van der Waals surface area (Å²) in [6, 6.07) is 9.37. The molecule has 1 aromatic rings. The first-order valence-electron chi connectivity index (χ1n) is 6.50. The van der Waals surface area contributed by atoms with E-state index < -0.39 is 5.54 Å². The number of aliphatic hydroxyl groups is 1. The second-order valence-electron chi connectivity index (χ2n) is 5.52. The molecule has 1 aromatic carbocycles. The van der Waals surface area contributed by atoms with Crippen LogP contribution in [-0.4, -0.2) is 34.0 Å². The van der Waals surface area contributed by atoms with Crippen molar-refractivity contribution in [1.82, 2.24) is 4.90 Å². The summed E-state index contributed by atoms with van der Waals surface area (Å²) in [7, 11) is 0. The zero-order chi connectivity index (χ0) is 14.0. The fourth-order valence-corrected chi connectivity index (χ4v) is 2.60. The first-order chi connectivity index (χ1) is 8.97. The topological polar surface area (TPSA) is 57.6 Å². The molecule has 0 aliphatic carbocycles. The van der Waals surface area contributed by atoms with Gasteiger partial charge in [-0.1, -0.05) is 30.3 Å². The average Bonchev–Trinajstić information content (AvgIpc) is 2.66. The molecule has 0 bridgehead atoms. The Balaban J connectivity index is 2.27. The highest BCUT2D eigenvalue weighted by Gasteiger charge is 2.45. The lowest BCUT2D eigenvalue weighted by molar-refractivity contribution is -0.145. The number of hydrogen-bond donors (Lipinski definition) is 1. The summed E-state index contributed by atoms with van der Waals surface area (Å²) in [5.74, 6) is -0.696. The molecule has 1 heterocycles. The SMILES string of the molecule is CC(C)(CCO)N1C(=O)CC(c2ccccc2)C1=O. The fraction of sp³-hybridized carbons (Fsp3) is 0.467. The largest absolute Gasteiger partial charge is 0.396 e. The van der Waals surface area contributed by atoms with E-state index in [0.29, 0.717) is 6.42 Å². The summed E-state index contributed by atoms with van der Waals surface area (Å²) in [5.41, 5.74) is 0.245. The predicted octanol–water partition coefficient (Wildman–Crippen LogP) is 1.69. The van der Waals surface area contributed by atoms with E-state index in [4.69, 9.17) is 5.11 Å². The van der Waals surface area contributed by atoms with Gasteiger partial charge in [0.15, 0.2) is 0 Å². The number of carbonyl (C=O) groups is 2. The van der Waals surface area contributed by atoms with Crippen LogP contribution >= 0.6 is 0 Å². The summed E-state index contributed by atoms with van der Waals surface area (Å²) in [4.78, 5) is 25.9. The van der Waals surface area contributed by atoms with Crippen LogP contribution in [0.15, 0.2) is 30.3 Å². The second-order valence-corrected chi connectivity index (χ2v) is 5.52. The molecule has 0 radical (unpaired) electrons. The third-order valence-corrected chi connectivity index (χ3v) is 3.68. The molecule has 102 valence electrons. The number of rotatable bonds is 4. The molecule has 0 saturated carbocycles. The third kappa shape index (κ3) is 2.54. The molecule has 1 saturated heterocycles. The second kappa shape index (κ2) is 5.13. The van der Waals surface area contributed by atoms with Gasteiger partial charge in [0.1, 0.15) is 0 Å². The Labute approximate surface area is 113 Å². The van der Waals surface area contributed by atoms with Crippen LogP contribution in [0.4, 0.5) is 0 Å². The fourth-order valence-electron chi connectivity index (χ4n) is 2.60. The average molecular weight is 261 g/mol. The third-order valence-electron chi connectivity index (χ3n) is 3.68. The number of nitrogens with zero attached hydrogens (tertiary/aromatic N) is 1. The molecule has 1 N–H and O–H groups in total. The summed E-state index contributed by atoms with van der Waals surface area (Å²) in [6.07, 6.45) is 0.615. The smallest absolute Gasteiger partial charge is 0.237 e. The molecule has 1 fully saturated rings. The molecule has 4 heteroatoms. The van der Waals surface area contributed by atoms with Crippen LogP contribution in [0.3, 0.4) is 0 Å². The zero-order valence-corrected chi connectivity index (χ0v) is 11.3. The first-order valence-corrected chi connectivity index (χ1v) is 6.50. The Morgan fingerprint density at radius 1 is 1.26 bits per heavy atom. The molecule has 1 atom stereocenters. The predicted molar refractivity (Wildman–Crippen MR) is 71.4 cm³/mol. The molecule has 2 amide bonds. The molecule has 1 aliphatic rings. The highest BCUT2D eigenvalue weighted by Crippen LogP contribution is 2.35. The quantitative estimate of drug-likeness (QED) is 0.839. The van der Waals surface area contributed by atoms with Gasteiger partial charge < -0.3 is 5.11 Å². The Kier molecular flexibility index (Phi) is 3.71. The van der Waals surface area contributed by atoms with E-state index in [9.17, 15) is 9.59 Å². The van der Waals surface area contributed by atoms with Gasteiger partial charge in [0.2, 0.25) is 11.8 Å². The van der Waals surface area contributed by atoms with Crippen LogP contribution in [0, 0.1) is 0 Å². The van der Waals surface area contributed by atoms with Crippen molar-refractivity contribution in [2.45, 2.75) is 38.1 Å². The van der Waals surface area contributed by atoms with E-state index in [1.54, 1.807) is 0 Å². The van der Waals surface area contributed by atoms with Crippen molar-refractivity contribution in [2.24, 2.45) is 0 Å². The lowest BCUT2D eigenvalue weighted by atomic mass is 9.96. The van der Waals surface area contributed by atoms with Crippen LogP contribution < -0.4 is 0 Å². The van der Waals surface area contributed by atoms with Gasteiger partial charge in [-0.05, 0) is 25.8 Å². The van der Waals surface area contributed by atoms with Gasteiger partial charge in [-0.25, -0.2) is 0 Å². The number of hydrogen-bond acceptors (Lipinski definition) is 3. The van der Waals surface area contributed by atoms with E-state index in [1.807, 2.05) is 44.2 Å². The van der Waals surface area contributed by atoms with Crippen LogP contribution in [0.25, 0.3) is 0 Å². The molecule has 1 aliphatic heterocycles. The van der Waals surface area contributed by atoms with Crippen LogP contribution in [-0.2, 0) is 9.59 Å². The minimum Gasteiger partial charge on any atom is -0.396 e. The molecule has 0 aromatic heterocycles. The Hall–Kier alpha value is -1.68. The van der Waals surface area contributed by atoms with Gasteiger partial charge in [0.05, 0.1) is 5.92 Å². The molecular formula is C15H19NO3. The van der Waals surface area contributed by atoms with E-state index >= 15 is 0 Å². The molecule has 0 spiro atoms. The van der Waals surface area contributed by atoms with Crippen LogP contribution in [0.1, 0.15) is 38.2 Å². The Morgan fingerprint density at radius 3 is 2.47 bits per heavy atom. The molecule has 1 unspecified atom stereocenters. The van der Waals surface area contributed by atoms with Gasteiger partial charge >= 0.3 is 0 Å². The van der Waals surface area contributed by atoms with E-state index in [0.717, 1.165) is 5.56 Å². The van der Waals surface area contributed by atoms with Gasteiger partial charge in [-0.3, -0.25) is 14.5 Å². The zero-order valence-electron chi connectivity index (χ0n) is 11.3. The molecule has 19 heavy (non-hydrogen) atoms. The van der Waals surface area contributed by atoms with Crippen molar-refractivity contribution >= 4 is 11.8 Å². The normalized spacial score (nSPS) is 20.2. The molecular weight excluding hydrogens is 242 g/mol. The number of likely N-dealkylation sites (tertiary alicyclic amines) is 1. The molecule has 2 rings (SSSR count). The number of benzene rings is 1. The standard InChI is InChI=1S/C15H19NO3/c1-15(2,8-9-17)16-13(18)10-12(14(16)19)11-6-4-3-5-7-11/h3-7,12,17H,8-10H2,1-2H3. The van der Waals surface area contributed by atoms with Crippen molar-refractivity contribution in [3.63, 3.8) is 0 Å². The van der Waals surface area contributed by atoms with Gasteiger partial charge in [-0.15, -0.1) is 0 Å². The lowest BCUT2D eigenvalue weighted by Crippen LogP contribution is -2.48.